The maximum Gasteiger partial charge on any atom is 0.254 e. The van der Waals surface area contributed by atoms with Gasteiger partial charge in [0.2, 0.25) is 11.8 Å². The second kappa shape index (κ2) is 8.30. The van der Waals surface area contributed by atoms with Crippen LogP contribution in [0.1, 0.15) is 12.5 Å². The lowest BCUT2D eigenvalue weighted by atomic mass is 10.1. The fourth-order valence-corrected chi connectivity index (χ4v) is 2.66. The van der Waals surface area contributed by atoms with Crippen molar-refractivity contribution in [2.75, 3.05) is 10.6 Å². The van der Waals surface area contributed by atoms with E-state index in [1.807, 2.05) is 31.2 Å². The van der Waals surface area contributed by atoms with E-state index in [9.17, 15) is 14.4 Å². The van der Waals surface area contributed by atoms with E-state index in [1.165, 1.54) is 23.9 Å². The molecule has 7 nitrogen and oxygen atoms in total. The molecule has 0 unspecified atom stereocenters. The van der Waals surface area contributed by atoms with E-state index in [4.69, 9.17) is 0 Å². The number of anilines is 2. The zero-order chi connectivity index (χ0) is 20.1. The highest BCUT2D eigenvalue weighted by atomic mass is 16.2. The monoisotopic (exact) mass is 376 g/mol. The largest absolute Gasteiger partial charge is 0.326 e. The first-order chi connectivity index (χ1) is 13.4. The number of carbonyl (C=O) groups is 2. The minimum absolute atomic E-state index is 0.162. The Labute approximate surface area is 162 Å². The summed E-state index contributed by atoms with van der Waals surface area (Å²) in [6, 6.07) is 15.9. The second-order valence-electron chi connectivity index (χ2n) is 6.42. The number of benzene rings is 2. The number of aryl methyl sites for hydroxylation is 1. The molecule has 0 saturated heterocycles. The van der Waals surface area contributed by atoms with Gasteiger partial charge in [0, 0.05) is 29.9 Å². The molecule has 3 aromatic rings. The molecule has 142 valence electrons. The molecule has 0 bridgehead atoms. The zero-order valence-corrected chi connectivity index (χ0v) is 15.6. The van der Waals surface area contributed by atoms with Crippen LogP contribution in [0.5, 0.6) is 0 Å². The van der Waals surface area contributed by atoms with Gasteiger partial charge in [-0.2, -0.15) is 0 Å². The number of carbonyl (C=O) groups excluding carboxylic acids is 2. The third kappa shape index (κ3) is 4.91. The predicted molar refractivity (Wildman–Crippen MR) is 108 cm³/mol. The number of hydrogen-bond acceptors (Lipinski definition) is 4. The van der Waals surface area contributed by atoms with Gasteiger partial charge in [-0.25, -0.2) is 4.98 Å². The molecular weight excluding hydrogens is 356 g/mol. The highest BCUT2D eigenvalue weighted by Crippen LogP contribution is 2.16. The maximum absolute atomic E-state index is 12.3. The number of nitrogens with one attached hydrogen (secondary N) is 2. The van der Waals surface area contributed by atoms with Crippen LogP contribution in [0.2, 0.25) is 0 Å². The van der Waals surface area contributed by atoms with Crippen molar-refractivity contribution < 1.29 is 9.59 Å². The quantitative estimate of drug-likeness (QED) is 0.716. The van der Waals surface area contributed by atoms with Crippen LogP contribution >= 0.6 is 0 Å². The summed E-state index contributed by atoms with van der Waals surface area (Å²) in [5.74, 6) is -0.568. The van der Waals surface area contributed by atoms with Gasteiger partial charge in [0.15, 0.2) is 0 Å². The van der Waals surface area contributed by atoms with Crippen LogP contribution in [-0.4, -0.2) is 21.4 Å². The lowest BCUT2D eigenvalue weighted by molar-refractivity contribution is -0.117. The minimum atomic E-state index is -0.369. The molecule has 0 fully saturated rings. The Morgan fingerprint density at radius 3 is 2.32 bits per heavy atom. The third-order valence-corrected chi connectivity index (χ3v) is 4.01. The third-order valence-electron chi connectivity index (χ3n) is 4.01. The van der Waals surface area contributed by atoms with Gasteiger partial charge in [0.05, 0.1) is 12.0 Å². The SMILES string of the molecule is CC(=O)Nc1cccc(NC(=O)Cn2cnc(-c3ccc(C)cc3)cc2=O)c1. The van der Waals surface area contributed by atoms with E-state index in [0.29, 0.717) is 17.1 Å². The number of nitrogens with zero attached hydrogens (tertiary/aromatic N) is 2. The van der Waals surface area contributed by atoms with Crippen molar-refractivity contribution in [1.82, 2.24) is 9.55 Å². The lowest BCUT2D eigenvalue weighted by Gasteiger charge is -2.09. The molecule has 1 aromatic heterocycles. The minimum Gasteiger partial charge on any atom is -0.326 e. The second-order valence-corrected chi connectivity index (χ2v) is 6.42. The van der Waals surface area contributed by atoms with Crippen LogP contribution in [0.3, 0.4) is 0 Å². The molecule has 2 aromatic carbocycles. The Kier molecular flexibility index (Phi) is 5.64. The molecule has 0 saturated carbocycles. The van der Waals surface area contributed by atoms with Gasteiger partial charge in [0.25, 0.3) is 5.56 Å². The molecule has 0 spiro atoms. The first-order valence-corrected chi connectivity index (χ1v) is 8.72. The zero-order valence-electron chi connectivity index (χ0n) is 15.6. The standard InChI is InChI=1S/C21H20N4O3/c1-14-6-8-16(9-7-14)19-11-21(28)25(13-22-19)12-20(27)24-18-5-3-4-17(10-18)23-15(2)26/h3-11,13H,12H2,1-2H3,(H,23,26)(H,24,27). The Balaban J connectivity index is 1.70. The average Bonchev–Trinajstić information content (AvgIpc) is 2.64. The van der Waals surface area contributed by atoms with Gasteiger partial charge in [-0.15, -0.1) is 0 Å². The summed E-state index contributed by atoms with van der Waals surface area (Å²) in [7, 11) is 0. The van der Waals surface area contributed by atoms with E-state index in [0.717, 1.165) is 11.1 Å². The summed E-state index contributed by atoms with van der Waals surface area (Å²) in [6.07, 6.45) is 1.37. The molecule has 2 amide bonds. The highest BCUT2D eigenvalue weighted by Gasteiger charge is 2.08. The predicted octanol–water partition coefficient (Wildman–Crippen LogP) is 2.82. The molecule has 7 heteroatoms. The number of rotatable bonds is 5. The van der Waals surface area contributed by atoms with Crippen molar-refractivity contribution in [3.63, 3.8) is 0 Å². The fourth-order valence-electron chi connectivity index (χ4n) is 2.66. The molecular formula is C21H20N4O3. The first kappa shape index (κ1) is 19.0. The van der Waals surface area contributed by atoms with Crippen LogP contribution in [0.4, 0.5) is 11.4 Å². The van der Waals surface area contributed by atoms with E-state index in [-0.39, 0.29) is 23.9 Å². The number of aromatic nitrogens is 2. The van der Waals surface area contributed by atoms with E-state index >= 15 is 0 Å². The Morgan fingerprint density at radius 2 is 1.68 bits per heavy atom. The van der Waals surface area contributed by atoms with Gasteiger partial charge in [0.1, 0.15) is 6.54 Å². The molecule has 2 N–H and O–H groups in total. The van der Waals surface area contributed by atoms with Crippen LogP contribution in [0.15, 0.2) is 65.7 Å². The van der Waals surface area contributed by atoms with Crippen LogP contribution in [0.25, 0.3) is 11.3 Å². The number of hydrogen-bond donors (Lipinski definition) is 2. The Hall–Kier alpha value is -3.74. The van der Waals surface area contributed by atoms with Crippen molar-refractivity contribution in [3.05, 3.63) is 76.8 Å². The molecule has 0 aliphatic carbocycles. The van der Waals surface area contributed by atoms with Crippen LogP contribution in [-0.2, 0) is 16.1 Å². The summed E-state index contributed by atoms with van der Waals surface area (Å²) in [5.41, 5.74) is 3.31. The summed E-state index contributed by atoms with van der Waals surface area (Å²) in [5, 5.41) is 5.35. The number of amides is 2. The van der Waals surface area contributed by atoms with Crippen molar-refractivity contribution in [2.24, 2.45) is 0 Å². The van der Waals surface area contributed by atoms with Crippen LogP contribution in [0, 0.1) is 6.92 Å². The highest BCUT2D eigenvalue weighted by molar-refractivity contribution is 5.93. The van der Waals surface area contributed by atoms with E-state index in [1.54, 1.807) is 24.3 Å². The van der Waals surface area contributed by atoms with Gasteiger partial charge in [-0.05, 0) is 25.1 Å². The van der Waals surface area contributed by atoms with Gasteiger partial charge < -0.3 is 10.6 Å². The fraction of sp³-hybridized carbons (Fsp3) is 0.143. The average molecular weight is 376 g/mol. The molecule has 1 heterocycles. The van der Waals surface area contributed by atoms with Crippen LogP contribution < -0.4 is 16.2 Å². The Morgan fingerprint density at radius 1 is 1.00 bits per heavy atom. The molecule has 3 rings (SSSR count). The van der Waals surface area contributed by atoms with Gasteiger partial charge >= 0.3 is 0 Å². The van der Waals surface area contributed by atoms with E-state index < -0.39 is 0 Å². The molecule has 0 aliphatic rings. The summed E-state index contributed by atoms with van der Waals surface area (Å²) in [4.78, 5) is 40.0. The normalized spacial score (nSPS) is 10.4. The maximum atomic E-state index is 12.3. The van der Waals surface area contributed by atoms with E-state index in [2.05, 4.69) is 15.6 Å². The molecule has 0 radical (unpaired) electrons. The smallest absolute Gasteiger partial charge is 0.254 e. The van der Waals surface area contributed by atoms with Crippen molar-refractivity contribution in [2.45, 2.75) is 20.4 Å². The van der Waals surface area contributed by atoms with Gasteiger partial charge in [-0.1, -0.05) is 35.9 Å². The first-order valence-electron chi connectivity index (χ1n) is 8.72. The molecule has 28 heavy (non-hydrogen) atoms. The lowest BCUT2D eigenvalue weighted by Crippen LogP contribution is -2.27. The molecule has 0 atom stereocenters. The topological polar surface area (TPSA) is 93.1 Å². The Bertz CT molecular complexity index is 1070. The molecule has 0 aliphatic heterocycles. The summed E-state index contributed by atoms with van der Waals surface area (Å²) in [6.45, 7) is 3.23. The van der Waals surface area contributed by atoms with Crippen molar-refractivity contribution >= 4 is 23.2 Å². The van der Waals surface area contributed by atoms with Crippen molar-refractivity contribution in [1.29, 1.82) is 0 Å². The summed E-state index contributed by atoms with van der Waals surface area (Å²) >= 11 is 0. The van der Waals surface area contributed by atoms with Gasteiger partial charge in [-0.3, -0.25) is 19.0 Å². The van der Waals surface area contributed by atoms with Crippen molar-refractivity contribution in [3.8, 4) is 11.3 Å². The summed E-state index contributed by atoms with van der Waals surface area (Å²) < 4.78 is 1.24.